The fourth-order valence-electron chi connectivity index (χ4n) is 2.81. The molecular weight excluding hydrogens is 216 g/mol. The third-order valence-corrected chi connectivity index (χ3v) is 4.43. The molecule has 4 nitrogen and oxygen atoms in total. The fourth-order valence-corrected chi connectivity index (χ4v) is 3.89. The van der Waals surface area contributed by atoms with Crippen LogP contribution in [0.3, 0.4) is 0 Å². The van der Waals surface area contributed by atoms with Crippen molar-refractivity contribution in [1.29, 1.82) is 0 Å². The summed E-state index contributed by atoms with van der Waals surface area (Å²) < 4.78 is 32.1. The van der Waals surface area contributed by atoms with Crippen LogP contribution >= 0.6 is 0 Å². The van der Waals surface area contributed by atoms with Crippen molar-refractivity contribution < 1.29 is 16.8 Å². The van der Waals surface area contributed by atoms with Crippen molar-refractivity contribution in [1.82, 2.24) is 0 Å². The number of hydrogen-bond acceptors (Lipinski definition) is 4. The monoisotopic (exact) mass is 234 g/mol. The maximum absolute atomic E-state index is 11.0. The Kier molecular flexibility index (Phi) is 2.60. The maximum Gasteiger partial charge on any atom is 0.405 e. The van der Waals surface area contributed by atoms with Gasteiger partial charge in [-0.1, -0.05) is 27.2 Å². The van der Waals surface area contributed by atoms with Gasteiger partial charge >= 0.3 is 10.4 Å². The average molecular weight is 234 g/mol. The van der Waals surface area contributed by atoms with Gasteiger partial charge in [0.25, 0.3) is 0 Å². The van der Waals surface area contributed by atoms with Crippen LogP contribution in [-0.4, -0.2) is 14.2 Å². The van der Waals surface area contributed by atoms with E-state index in [1.165, 1.54) is 0 Å². The molecule has 0 bridgehead atoms. The average Bonchev–Trinajstić information content (AvgIpc) is 1.98. The molecule has 0 aromatic rings. The SMILES string of the molecule is CC1CCC(C(C)C)C2(C1)OS(=O)(=O)O2. The molecule has 1 spiro atoms. The second-order valence-electron chi connectivity index (χ2n) is 5.12. The van der Waals surface area contributed by atoms with E-state index in [0.717, 1.165) is 12.8 Å². The van der Waals surface area contributed by atoms with Gasteiger partial charge in [-0.2, -0.15) is 8.42 Å². The highest BCUT2D eigenvalue weighted by molar-refractivity contribution is 7.82. The van der Waals surface area contributed by atoms with E-state index in [9.17, 15) is 8.42 Å². The van der Waals surface area contributed by atoms with Gasteiger partial charge in [-0.15, -0.1) is 0 Å². The van der Waals surface area contributed by atoms with E-state index in [1.54, 1.807) is 0 Å². The molecule has 5 heteroatoms. The molecule has 1 aliphatic carbocycles. The van der Waals surface area contributed by atoms with Crippen LogP contribution in [-0.2, 0) is 18.8 Å². The molecule has 0 aromatic heterocycles. The lowest BCUT2D eigenvalue weighted by Gasteiger charge is -2.50. The molecule has 0 radical (unpaired) electrons. The van der Waals surface area contributed by atoms with Crippen molar-refractivity contribution in [2.45, 2.75) is 45.8 Å². The Labute approximate surface area is 91.3 Å². The first-order valence-corrected chi connectivity index (χ1v) is 6.84. The Morgan fingerprint density at radius 1 is 1.27 bits per heavy atom. The van der Waals surface area contributed by atoms with Crippen LogP contribution in [0.25, 0.3) is 0 Å². The summed E-state index contributed by atoms with van der Waals surface area (Å²) in [6.45, 7) is 6.27. The summed E-state index contributed by atoms with van der Waals surface area (Å²) in [4.78, 5) is 0. The molecule has 1 aliphatic heterocycles. The standard InChI is InChI=1S/C10H18O4S/c1-7(2)9-5-4-8(3)6-10(9)13-15(11,12)14-10/h7-9H,4-6H2,1-3H3. The van der Waals surface area contributed by atoms with Gasteiger partial charge < -0.3 is 0 Å². The van der Waals surface area contributed by atoms with Crippen molar-refractivity contribution in [2.75, 3.05) is 0 Å². The van der Waals surface area contributed by atoms with Crippen molar-refractivity contribution in [3.05, 3.63) is 0 Å². The first-order chi connectivity index (χ1) is 6.85. The van der Waals surface area contributed by atoms with Gasteiger partial charge in [-0.25, -0.2) is 8.37 Å². The zero-order valence-corrected chi connectivity index (χ0v) is 10.2. The second kappa shape index (κ2) is 3.43. The van der Waals surface area contributed by atoms with Crippen LogP contribution in [0.5, 0.6) is 0 Å². The van der Waals surface area contributed by atoms with Gasteiger partial charge in [-0.05, 0) is 18.3 Å². The quantitative estimate of drug-likeness (QED) is 0.697. The smallest absolute Gasteiger partial charge is 0.212 e. The van der Waals surface area contributed by atoms with E-state index in [1.807, 2.05) is 0 Å². The topological polar surface area (TPSA) is 52.6 Å². The molecule has 88 valence electrons. The van der Waals surface area contributed by atoms with Gasteiger partial charge in [0.1, 0.15) is 0 Å². The summed E-state index contributed by atoms with van der Waals surface area (Å²) in [6, 6.07) is 0. The molecule has 15 heavy (non-hydrogen) atoms. The lowest BCUT2D eigenvalue weighted by atomic mass is 9.73. The molecule has 2 aliphatic rings. The third-order valence-electron chi connectivity index (χ3n) is 3.46. The van der Waals surface area contributed by atoms with Crippen LogP contribution in [0, 0.1) is 17.8 Å². The summed E-state index contributed by atoms with van der Waals surface area (Å²) >= 11 is 0. The molecule has 1 heterocycles. The van der Waals surface area contributed by atoms with Gasteiger partial charge in [0.15, 0.2) is 0 Å². The van der Waals surface area contributed by atoms with E-state index in [-0.39, 0.29) is 5.92 Å². The molecule has 2 rings (SSSR count). The summed E-state index contributed by atoms with van der Waals surface area (Å²) in [6.07, 6.45) is 2.79. The Balaban J connectivity index is 2.19. The molecule has 2 atom stereocenters. The normalized spacial score (nSPS) is 37.9. The predicted molar refractivity (Wildman–Crippen MR) is 55.2 cm³/mol. The van der Waals surface area contributed by atoms with E-state index >= 15 is 0 Å². The van der Waals surface area contributed by atoms with Crippen LogP contribution in [0.2, 0.25) is 0 Å². The molecule has 0 aromatic carbocycles. The Hall–Kier alpha value is -0.130. The lowest BCUT2D eigenvalue weighted by molar-refractivity contribution is -0.253. The minimum atomic E-state index is -3.68. The predicted octanol–water partition coefficient (Wildman–Crippen LogP) is 2.07. The van der Waals surface area contributed by atoms with Gasteiger partial charge in [0.05, 0.1) is 0 Å². The van der Waals surface area contributed by atoms with Gasteiger partial charge in [0, 0.05) is 12.3 Å². The van der Waals surface area contributed by atoms with E-state index < -0.39 is 16.2 Å². The highest BCUT2D eigenvalue weighted by atomic mass is 32.3. The summed E-state index contributed by atoms with van der Waals surface area (Å²) in [5.41, 5.74) is 0. The minimum absolute atomic E-state index is 0.192. The third kappa shape index (κ3) is 1.92. The lowest BCUT2D eigenvalue weighted by Crippen LogP contribution is -2.59. The Bertz CT molecular complexity index is 334. The van der Waals surface area contributed by atoms with Crippen molar-refractivity contribution >= 4 is 10.4 Å². The first-order valence-electron chi connectivity index (χ1n) is 5.51. The van der Waals surface area contributed by atoms with Crippen molar-refractivity contribution in [3.8, 4) is 0 Å². The fraction of sp³-hybridized carbons (Fsp3) is 1.00. The van der Waals surface area contributed by atoms with Crippen LogP contribution < -0.4 is 0 Å². The van der Waals surface area contributed by atoms with Crippen LogP contribution in [0.15, 0.2) is 0 Å². The Morgan fingerprint density at radius 3 is 2.33 bits per heavy atom. The highest BCUT2D eigenvalue weighted by Gasteiger charge is 2.59. The summed E-state index contributed by atoms with van der Waals surface area (Å²) in [5, 5.41) is 0. The van der Waals surface area contributed by atoms with Gasteiger partial charge in [-0.3, -0.25) is 0 Å². The second-order valence-corrected chi connectivity index (χ2v) is 6.27. The van der Waals surface area contributed by atoms with Gasteiger partial charge in [0.2, 0.25) is 5.79 Å². The molecule has 2 unspecified atom stereocenters. The van der Waals surface area contributed by atoms with Crippen molar-refractivity contribution in [2.24, 2.45) is 17.8 Å². The van der Waals surface area contributed by atoms with Crippen molar-refractivity contribution in [3.63, 3.8) is 0 Å². The Morgan fingerprint density at radius 2 is 1.87 bits per heavy atom. The number of hydrogen-bond donors (Lipinski definition) is 0. The molecule has 1 saturated carbocycles. The molecule has 1 saturated heterocycles. The molecular formula is C10H18O4S. The minimum Gasteiger partial charge on any atom is -0.212 e. The molecule has 0 amide bonds. The first kappa shape index (κ1) is 11.4. The highest BCUT2D eigenvalue weighted by Crippen LogP contribution is 2.50. The molecule has 2 fully saturated rings. The van der Waals surface area contributed by atoms with Crippen LogP contribution in [0.1, 0.15) is 40.0 Å². The van der Waals surface area contributed by atoms with E-state index in [2.05, 4.69) is 20.8 Å². The zero-order chi connectivity index (χ0) is 11.3. The molecule has 0 N–H and O–H groups in total. The van der Waals surface area contributed by atoms with E-state index in [4.69, 9.17) is 8.37 Å². The summed E-state index contributed by atoms with van der Waals surface area (Å²) in [5.74, 6) is 0.200. The largest absolute Gasteiger partial charge is 0.405 e. The maximum atomic E-state index is 11.0. The number of rotatable bonds is 1. The zero-order valence-electron chi connectivity index (χ0n) is 9.39. The summed E-state index contributed by atoms with van der Waals surface area (Å²) in [7, 11) is -3.68. The van der Waals surface area contributed by atoms with Crippen LogP contribution in [0.4, 0.5) is 0 Å². The van der Waals surface area contributed by atoms with E-state index in [0.29, 0.717) is 18.3 Å².